The van der Waals surface area contributed by atoms with E-state index in [4.69, 9.17) is 0 Å². The third-order valence-electron chi connectivity index (χ3n) is 1.89. The number of nitrogens with one attached hydrogen (secondary N) is 2. The molecule has 0 aliphatic carbocycles. The largest absolute Gasteiger partial charge is 0.310 e. The van der Waals surface area contributed by atoms with Gasteiger partial charge in [0.1, 0.15) is 5.82 Å². The molecule has 1 heterocycles. The molecule has 0 bridgehead atoms. The first-order valence-corrected chi connectivity index (χ1v) is 5.15. The molecular weight excluding hydrogens is 190 g/mol. The topological polar surface area (TPSA) is 54.0 Å². The smallest absolute Gasteiger partial charge is 0.239 e. The van der Waals surface area contributed by atoms with Gasteiger partial charge in [0.2, 0.25) is 5.91 Å². The van der Waals surface area contributed by atoms with Crippen molar-refractivity contribution in [2.75, 3.05) is 18.4 Å². The predicted octanol–water partition coefficient (Wildman–Crippen LogP) is 1.33. The normalized spacial score (nSPS) is 10.0. The van der Waals surface area contributed by atoms with Crippen LogP contribution in [0.3, 0.4) is 0 Å². The van der Waals surface area contributed by atoms with Gasteiger partial charge in [0.05, 0.1) is 6.54 Å². The Labute approximate surface area is 90.1 Å². The lowest BCUT2D eigenvalue weighted by Gasteiger charge is -2.05. The van der Waals surface area contributed by atoms with Crippen molar-refractivity contribution < 1.29 is 4.79 Å². The summed E-state index contributed by atoms with van der Waals surface area (Å²) in [5, 5.41) is 5.74. The molecule has 0 fully saturated rings. The lowest BCUT2D eigenvalue weighted by molar-refractivity contribution is -0.115. The summed E-state index contributed by atoms with van der Waals surface area (Å²) >= 11 is 0. The summed E-state index contributed by atoms with van der Waals surface area (Å²) < 4.78 is 0. The van der Waals surface area contributed by atoms with Gasteiger partial charge in [-0.05, 0) is 31.5 Å². The standard InChI is InChI=1S/C11H17N3O/c1-3-6-12-8-11(15)14-10-5-4-9(2)7-13-10/h4-5,7,12H,3,6,8H2,1-2H3,(H,13,14,15). The summed E-state index contributed by atoms with van der Waals surface area (Å²) in [6.07, 6.45) is 2.76. The molecule has 2 N–H and O–H groups in total. The lowest BCUT2D eigenvalue weighted by atomic mass is 10.3. The Balaban J connectivity index is 2.34. The molecule has 0 radical (unpaired) electrons. The Hall–Kier alpha value is -1.42. The molecule has 0 unspecified atom stereocenters. The molecule has 0 aliphatic heterocycles. The third-order valence-corrected chi connectivity index (χ3v) is 1.89. The Kier molecular flexibility index (Phi) is 4.77. The highest BCUT2D eigenvalue weighted by Crippen LogP contribution is 2.02. The van der Waals surface area contributed by atoms with Crippen molar-refractivity contribution in [2.45, 2.75) is 20.3 Å². The molecule has 1 aromatic rings. The van der Waals surface area contributed by atoms with Gasteiger partial charge in [-0.15, -0.1) is 0 Å². The summed E-state index contributed by atoms with van der Waals surface area (Å²) in [6.45, 7) is 5.21. The van der Waals surface area contributed by atoms with E-state index in [1.807, 2.05) is 13.0 Å². The van der Waals surface area contributed by atoms with Crippen LogP contribution in [0.4, 0.5) is 5.82 Å². The number of aryl methyl sites for hydroxylation is 1. The predicted molar refractivity (Wildman–Crippen MR) is 60.8 cm³/mol. The van der Waals surface area contributed by atoms with E-state index in [0.29, 0.717) is 12.4 Å². The van der Waals surface area contributed by atoms with Crippen LogP contribution in [0.25, 0.3) is 0 Å². The van der Waals surface area contributed by atoms with Crippen molar-refractivity contribution >= 4 is 11.7 Å². The van der Waals surface area contributed by atoms with Crippen LogP contribution in [0.5, 0.6) is 0 Å². The molecule has 1 rings (SSSR count). The lowest BCUT2D eigenvalue weighted by Crippen LogP contribution is -2.28. The van der Waals surface area contributed by atoms with Gasteiger partial charge in [-0.25, -0.2) is 4.98 Å². The second kappa shape index (κ2) is 6.14. The fourth-order valence-corrected chi connectivity index (χ4v) is 1.11. The van der Waals surface area contributed by atoms with Crippen LogP contribution in [0.1, 0.15) is 18.9 Å². The Bertz CT molecular complexity index is 308. The van der Waals surface area contributed by atoms with Gasteiger partial charge in [0, 0.05) is 6.20 Å². The van der Waals surface area contributed by atoms with Crippen molar-refractivity contribution in [1.82, 2.24) is 10.3 Å². The van der Waals surface area contributed by atoms with Crippen LogP contribution in [-0.4, -0.2) is 24.0 Å². The summed E-state index contributed by atoms with van der Waals surface area (Å²) in [7, 11) is 0. The van der Waals surface area contributed by atoms with Crippen LogP contribution in [0.2, 0.25) is 0 Å². The summed E-state index contributed by atoms with van der Waals surface area (Å²) in [4.78, 5) is 15.4. The van der Waals surface area contributed by atoms with Gasteiger partial charge in [-0.2, -0.15) is 0 Å². The Morgan fingerprint density at radius 2 is 2.27 bits per heavy atom. The van der Waals surface area contributed by atoms with Gasteiger partial charge in [0.25, 0.3) is 0 Å². The van der Waals surface area contributed by atoms with Gasteiger partial charge < -0.3 is 10.6 Å². The number of aromatic nitrogens is 1. The minimum atomic E-state index is -0.0557. The Morgan fingerprint density at radius 1 is 1.47 bits per heavy atom. The van der Waals surface area contributed by atoms with Crippen LogP contribution in [0, 0.1) is 6.92 Å². The van der Waals surface area contributed by atoms with Crippen LogP contribution in [-0.2, 0) is 4.79 Å². The van der Waals surface area contributed by atoms with Crippen LogP contribution >= 0.6 is 0 Å². The maximum atomic E-state index is 11.4. The van der Waals surface area contributed by atoms with E-state index < -0.39 is 0 Å². The number of amides is 1. The van der Waals surface area contributed by atoms with E-state index in [2.05, 4.69) is 22.5 Å². The number of nitrogens with zero attached hydrogens (tertiary/aromatic N) is 1. The van der Waals surface area contributed by atoms with Crippen molar-refractivity contribution in [3.05, 3.63) is 23.9 Å². The van der Waals surface area contributed by atoms with Crippen molar-refractivity contribution in [3.63, 3.8) is 0 Å². The number of hydrogen-bond donors (Lipinski definition) is 2. The monoisotopic (exact) mass is 207 g/mol. The zero-order valence-corrected chi connectivity index (χ0v) is 9.21. The molecule has 0 atom stereocenters. The molecular formula is C11H17N3O. The fourth-order valence-electron chi connectivity index (χ4n) is 1.11. The van der Waals surface area contributed by atoms with Gasteiger partial charge >= 0.3 is 0 Å². The van der Waals surface area contributed by atoms with E-state index in [1.165, 1.54) is 0 Å². The number of anilines is 1. The van der Waals surface area contributed by atoms with E-state index in [1.54, 1.807) is 12.3 Å². The number of pyridine rings is 1. The molecule has 0 saturated heterocycles. The summed E-state index contributed by atoms with van der Waals surface area (Å²) in [6, 6.07) is 3.72. The quantitative estimate of drug-likeness (QED) is 0.716. The van der Waals surface area contributed by atoms with E-state index in [-0.39, 0.29) is 5.91 Å². The zero-order chi connectivity index (χ0) is 11.1. The SMILES string of the molecule is CCCNCC(=O)Nc1ccc(C)cn1. The molecule has 0 aromatic carbocycles. The van der Waals surface area contributed by atoms with E-state index >= 15 is 0 Å². The molecule has 15 heavy (non-hydrogen) atoms. The molecule has 4 heteroatoms. The van der Waals surface area contributed by atoms with Gasteiger partial charge in [0.15, 0.2) is 0 Å². The highest BCUT2D eigenvalue weighted by atomic mass is 16.1. The first-order chi connectivity index (χ1) is 7.22. The molecule has 4 nitrogen and oxygen atoms in total. The first-order valence-electron chi connectivity index (χ1n) is 5.15. The highest BCUT2D eigenvalue weighted by Gasteiger charge is 2.01. The van der Waals surface area contributed by atoms with Gasteiger partial charge in [-0.1, -0.05) is 13.0 Å². The minimum Gasteiger partial charge on any atom is -0.310 e. The van der Waals surface area contributed by atoms with Gasteiger partial charge in [-0.3, -0.25) is 4.79 Å². The Morgan fingerprint density at radius 3 is 2.87 bits per heavy atom. The average molecular weight is 207 g/mol. The molecule has 1 aromatic heterocycles. The van der Waals surface area contributed by atoms with Crippen LogP contribution < -0.4 is 10.6 Å². The summed E-state index contributed by atoms with van der Waals surface area (Å²) in [5.41, 5.74) is 1.08. The minimum absolute atomic E-state index is 0.0557. The van der Waals surface area contributed by atoms with Crippen molar-refractivity contribution in [2.24, 2.45) is 0 Å². The average Bonchev–Trinajstić information content (AvgIpc) is 2.22. The number of hydrogen-bond acceptors (Lipinski definition) is 3. The fraction of sp³-hybridized carbons (Fsp3) is 0.455. The zero-order valence-electron chi connectivity index (χ0n) is 9.21. The molecule has 0 saturated carbocycles. The van der Waals surface area contributed by atoms with E-state index in [9.17, 15) is 4.79 Å². The summed E-state index contributed by atoms with van der Waals surface area (Å²) in [5.74, 6) is 0.545. The van der Waals surface area contributed by atoms with E-state index in [0.717, 1.165) is 18.5 Å². The maximum Gasteiger partial charge on any atom is 0.239 e. The molecule has 1 amide bonds. The maximum absolute atomic E-state index is 11.4. The number of carbonyl (C=O) groups excluding carboxylic acids is 1. The number of carbonyl (C=O) groups is 1. The first kappa shape index (κ1) is 11.7. The second-order valence-electron chi connectivity index (χ2n) is 3.45. The highest BCUT2D eigenvalue weighted by molar-refractivity contribution is 5.91. The third kappa shape index (κ3) is 4.56. The van der Waals surface area contributed by atoms with Crippen molar-refractivity contribution in [1.29, 1.82) is 0 Å². The molecule has 0 aliphatic rings. The van der Waals surface area contributed by atoms with Crippen LogP contribution in [0.15, 0.2) is 18.3 Å². The number of rotatable bonds is 5. The molecule has 0 spiro atoms. The molecule has 82 valence electrons. The second-order valence-corrected chi connectivity index (χ2v) is 3.45. The van der Waals surface area contributed by atoms with Crippen molar-refractivity contribution in [3.8, 4) is 0 Å².